The minimum absolute atomic E-state index is 0.0129. The molecule has 2 aromatic rings. The molecule has 0 aliphatic rings. The van der Waals surface area contributed by atoms with Gasteiger partial charge >= 0.3 is 0 Å². The normalized spacial score (nSPS) is 9.81. The van der Waals surface area contributed by atoms with Crippen LogP contribution in [0.3, 0.4) is 0 Å². The van der Waals surface area contributed by atoms with Crippen LogP contribution in [-0.4, -0.2) is 9.97 Å². The van der Waals surface area contributed by atoms with Gasteiger partial charge in [-0.2, -0.15) is 5.26 Å². The van der Waals surface area contributed by atoms with Gasteiger partial charge in [-0.3, -0.25) is 0 Å². The highest BCUT2D eigenvalue weighted by atomic mass is 19.1. The summed E-state index contributed by atoms with van der Waals surface area (Å²) in [4.78, 5) is 7.43. The third-order valence-corrected chi connectivity index (χ3v) is 1.96. The minimum atomic E-state index is -0.594. The Morgan fingerprint density at radius 2 is 2.00 bits per heavy atom. The van der Waals surface area contributed by atoms with Crippen LogP contribution in [0.15, 0.2) is 30.5 Å². The van der Waals surface area contributed by atoms with Crippen LogP contribution in [0, 0.1) is 23.0 Å². The van der Waals surface area contributed by atoms with Crippen LogP contribution in [0.5, 0.6) is 0 Å². The Morgan fingerprint density at radius 1 is 1.19 bits per heavy atom. The van der Waals surface area contributed by atoms with Crippen molar-refractivity contribution in [1.29, 1.82) is 5.26 Å². The second kappa shape index (κ2) is 4.03. The Labute approximate surface area is 90.0 Å². The van der Waals surface area contributed by atoms with Crippen molar-refractivity contribution in [3.63, 3.8) is 0 Å². The number of rotatable bonds is 1. The number of hydrogen-bond donors (Lipinski definition) is 0. The van der Waals surface area contributed by atoms with Gasteiger partial charge in [0, 0.05) is 11.8 Å². The van der Waals surface area contributed by atoms with E-state index in [1.165, 1.54) is 12.3 Å². The van der Waals surface area contributed by atoms with E-state index in [0.717, 1.165) is 18.2 Å². The van der Waals surface area contributed by atoms with Gasteiger partial charge in [0.15, 0.2) is 0 Å². The molecule has 78 valence electrons. The first-order valence-electron chi connectivity index (χ1n) is 4.39. The molecule has 0 aliphatic carbocycles. The molecule has 1 aromatic carbocycles. The SMILES string of the molecule is N#Cc1nccc(-c2cc(F)ccc2F)n1. The van der Waals surface area contributed by atoms with Gasteiger partial charge in [0.25, 0.3) is 0 Å². The van der Waals surface area contributed by atoms with Crippen molar-refractivity contribution in [2.24, 2.45) is 0 Å². The molecule has 0 N–H and O–H groups in total. The maximum atomic E-state index is 13.4. The Hall–Kier alpha value is -2.35. The Morgan fingerprint density at radius 3 is 2.75 bits per heavy atom. The van der Waals surface area contributed by atoms with Crippen molar-refractivity contribution in [2.75, 3.05) is 0 Å². The van der Waals surface area contributed by atoms with Crippen LogP contribution in [0.1, 0.15) is 5.82 Å². The van der Waals surface area contributed by atoms with E-state index in [-0.39, 0.29) is 17.1 Å². The molecular weight excluding hydrogens is 212 g/mol. The summed E-state index contributed by atoms with van der Waals surface area (Å²) in [6.45, 7) is 0. The van der Waals surface area contributed by atoms with Crippen LogP contribution >= 0.6 is 0 Å². The number of aromatic nitrogens is 2. The van der Waals surface area contributed by atoms with Gasteiger partial charge in [-0.05, 0) is 24.3 Å². The van der Waals surface area contributed by atoms with Gasteiger partial charge in [0.2, 0.25) is 5.82 Å². The fourth-order valence-electron chi connectivity index (χ4n) is 1.26. The average molecular weight is 217 g/mol. The molecule has 0 aliphatic heterocycles. The van der Waals surface area contributed by atoms with E-state index in [1.54, 1.807) is 6.07 Å². The van der Waals surface area contributed by atoms with Gasteiger partial charge in [0.05, 0.1) is 5.69 Å². The summed E-state index contributed by atoms with van der Waals surface area (Å²) in [5, 5.41) is 8.59. The highest BCUT2D eigenvalue weighted by Gasteiger charge is 2.08. The molecule has 1 aromatic heterocycles. The Kier molecular flexibility index (Phi) is 2.56. The zero-order valence-corrected chi connectivity index (χ0v) is 7.98. The van der Waals surface area contributed by atoms with Crippen LogP contribution in [0.2, 0.25) is 0 Å². The number of nitriles is 1. The maximum absolute atomic E-state index is 13.4. The molecule has 0 spiro atoms. The quantitative estimate of drug-likeness (QED) is 0.736. The lowest BCUT2D eigenvalue weighted by atomic mass is 10.1. The molecule has 0 saturated heterocycles. The van der Waals surface area contributed by atoms with Gasteiger partial charge in [0.1, 0.15) is 17.7 Å². The predicted octanol–water partition coefficient (Wildman–Crippen LogP) is 2.29. The van der Waals surface area contributed by atoms with E-state index < -0.39 is 11.6 Å². The monoisotopic (exact) mass is 217 g/mol. The molecule has 0 unspecified atom stereocenters. The molecule has 0 radical (unpaired) electrons. The first kappa shape index (κ1) is 10.2. The Balaban J connectivity index is 2.58. The van der Waals surface area contributed by atoms with E-state index >= 15 is 0 Å². The Bertz CT molecular complexity index is 576. The molecule has 1 heterocycles. The molecule has 16 heavy (non-hydrogen) atoms. The van der Waals surface area contributed by atoms with Gasteiger partial charge in [-0.1, -0.05) is 0 Å². The summed E-state index contributed by atoms with van der Waals surface area (Å²) < 4.78 is 26.3. The van der Waals surface area contributed by atoms with E-state index in [9.17, 15) is 8.78 Å². The lowest BCUT2D eigenvalue weighted by Crippen LogP contribution is -1.93. The average Bonchev–Trinajstić information content (AvgIpc) is 2.32. The van der Waals surface area contributed by atoms with Gasteiger partial charge in [-0.15, -0.1) is 0 Å². The standard InChI is InChI=1S/C11H5F2N3/c12-7-1-2-9(13)8(5-7)10-3-4-15-11(6-14)16-10/h1-5H. The molecule has 0 bridgehead atoms. The maximum Gasteiger partial charge on any atom is 0.232 e. The first-order valence-corrected chi connectivity index (χ1v) is 4.39. The van der Waals surface area contributed by atoms with E-state index in [1.807, 2.05) is 0 Å². The summed E-state index contributed by atoms with van der Waals surface area (Å²) in [5.74, 6) is -1.24. The number of hydrogen-bond acceptors (Lipinski definition) is 3. The lowest BCUT2D eigenvalue weighted by Gasteiger charge is -2.02. The second-order valence-corrected chi connectivity index (χ2v) is 3.00. The van der Waals surface area contributed by atoms with Crippen molar-refractivity contribution >= 4 is 0 Å². The number of benzene rings is 1. The second-order valence-electron chi connectivity index (χ2n) is 3.00. The molecular formula is C11H5F2N3. The van der Waals surface area contributed by atoms with Crippen molar-refractivity contribution in [3.05, 3.63) is 47.9 Å². The molecule has 5 heteroatoms. The van der Waals surface area contributed by atoms with E-state index in [4.69, 9.17) is 5.26 Å². The van der Waals surface area contributed by atoms with Crippen molar-refractivity contribution in [2.45, 2.75) is 0 Å². The lowest BCUT2D eigenvalue weighted by molar-refractivity contribution is 0.602. The summed E-state index contributed by atoms with van der Waals surface area (Å²) in [6, 6.07) is 6.21. The molecule has 0 saturated carbocycles. The fraction of sp³-hybridized carbons (Fsp3) is 0. The molecule has 0 atom stereocenters. The van der Waals surface area contributed by atoms with Crippen molar-refractivity contribution < 1.29 is 8.78 Å². The molecule has 2 rings (SSSR count). The van der Waals surface area contributed by atoms with Crippen LogP contribution in [0.4, 0.5) is 8.78 Å². The van der Waals surface area contributed by atoms with Gasteiger partial charge in [-0.25, -0.2) is 18.7 Å². The van der Waals surface area contributed by atoms with E-state index in [0.29, 0.717) is 0 Å². The number of nitrogens with zero attached hydrogens (tertiary/aromatic N) is 3. The van der Waals surface area contributed by atoms with Crippen LogP contribution < -0.4 is 0 Å². The third-order valence-electron chi connectivity index (χ3n) is 1.96. The van der Waals surface area contributed by atoms with Crippen molar-refractivity contribution in [3.8, 4) is 17.3 Å². The van der Waals surface area contributed by atoms with E-state index in [2.05, 4.69) is 9.97 Å². The highest BCUT2D eigenvalue weighted by Crippen LogP contribution is 2.21. The number of halogens is 2. The van der Waals surface area contributed by atoms with Crippen LogP contribution in [0.25, 0.3) is 11.3 Å². The zero-order valence-electron chi connectivity index (χ0n) is 7.98. The predicted molar refractivity (Wildman–Crippen MR) is 52.1 cm³/mol. The first-order chi connectivity index (χ1) is 7.70. The van der Waals surface area contributed by atoms with Crippen molar-refractivity contribution in [1.82, 2.24) is 9.97 Å². The van der Waals surface area contributed by atoms with Crippen LogP contribution in [-0.2, 0) is 0 Å². The third kappa shape index (κ3) is 1.86. The summed E-state index contributed by atoms with van der Waals surface area (Å²) in [7, 11) is 0. The minimum Gasteiger partial charge on any atom is -0.227 e. The fourth-order valence-corrected chi connectivity index (χ4v) is 1.26. The van der Waals surface area contributed by atoms with Gasteiger partial charge < -0.3 is 0 Å². The summed E-state index contributed by atoms with van der Waals surface area (Å²) in [6.07, 6.45) is 1.32. The highest BCUT2D eigenvalue weighted by molar-refractivity contribution is 5.59. The molecule has 0 amide bonds. The summed E-state index contributed by atoms with van der Waals surface area (Å²) >= 11 is 0. The zero-order chi connectivity index (χ0) is 11.5. The topological polar surface area (TPSA) is 49.6 Å². The largest absolute Gasteiger partial charge is 0.232 e. The molecule has 3 nitrogen and oxygen atoms in total. The smallest absolute Gasteiger partial charge is 0.227 e. The summed E-state index contributed by atoms with van der Waals surface area (Å²) in [5.41, 5.74) is 0.197. The molecule has 0 fully saturated rings.